The molecular formula is C25H27Cl2N9O3. The molecule has 2 heterocycles. The van der Waals surface area contributed by atoms with Crippen molar-refractivity contribution >= 4 is 41.0 Å². The second-order valence-electron chi connectivity index (χ2n) is 8.53. The van der Waals surface area contributed by atoms with E-state index in [0.717, 1.165) is 24.0 Å². The molecule has 12 nitrogen and oxygen atoms in total. The molecule has 0 saturated carbocycles. The van der Waals surface area contributed by atoms with Crippen LogP contribution < -0.4 is 16.0 Å². The Morgan fingerprint density at radius 3 is 2.64 bits per heavy atom. The summed E-state index contributed by atoms with van der Waals surface area (Å²) in [5.41, 5.74) is 3.28. The number of halogens is 2. The van der Waals surface area contributed by atoms with Crippen LogP contribution in [-0.4, -0.2) is 49.4 Å². The molecular weight excluding hydrogens is 545 g/mol. The van der Waals surface area contributed by atoms with Crippen molar-refractivity contribution in [2.75, 3.05) is 12.4 Å². The number of aromatic nitrogens is 6. The van der Waals surface area contributed by atoms with E-state index in [-0.39, 0.29) is 12.6 Å². The summed E-state index contributed by atoms with van der Waals surface area (Å²) in [5, 5.41) is 20.6. The van der Waals surface area contributed by atoms with E-state index in [4.69, 9.17) is 23.2 Å². The van der Waals surface area contributed by atoms with Gasteiger partial charge in [0.15, 0.2) is 0 Å². The Balaban J connectivity index is 1.47. The Labute approximate surface area is 234 Å². The largest absolute Gasteiger partial charge is 0.453 e. The van der Waals surface area contributed by atoms with E-state index in [1.807, 2.05) is 0 Å². The summed E-state index contributed by atoms with van der Waals surface area (Å²) in [5.74, 6) is 0.535. The van der Waals surface area contributed by atoms with Crippen molar-refractivity contribution in [3.63, 3.8) is 0 Å². The highest BCUT2D eigenvalue weighted by atomic mass is 35.5. The van der Waals surface area contributed by atoms with Gasteiger partial charge in [0, 0.05) is 22.8 Å². The average Bonchev–Trinajstić information content (AvgIpc) is 3.60. The van der Waals surface area contributed by atoms with Gasteiger partial charge in [-0.2, -0.15) is 0 Å². The first kappa shape index (κ1) is 27.9. The fourth-order valence-electron chi connectivity index (χ4n) is 3.87. The molecule has 0 saturated heterocycles. The number of nitrogens with one attached hydrogen (secondary N) is 4. The van der Waals surface area contributed by atoms with Crippen LogP contribution in [0.5, 0.6) is 0 Å². The standard InChI is InChI=1S/C25H27Cl2N9O3/c1-3-4-5-19(23-32-21(22(27)33-23)15-6-9-18(10-7-15)30-25(38)39-2)31-24(37)28-13-16-12-17(26)8-11-20(16)36-14-29-34-35-36/h6-12,14,19H,3-5,13H2,1-2H3,(H,30,38)(H,32,33)(H2,28,31,37)/t19-/m0/s1. The number of ether oxygens (including phenoxy) is 1. The Morgan fingerprint density at radius 2 is 1.95 bits per heavy atom. The second-order valence-corrected chi connectivity index (χ2v) is 9.34. The summed E-state index contributed by atoms with van der Waals surface area (Å²) in [6.07, 6.45) is 3.36. The van der Waals surface area contributed by atoms with E-state index in [1.165, 1.54) is 18.1 Å². The van der Waals surface area contributed by atoms with Gasteiger partial charge in [0.05, 0.1) is 18.8 Å². The number of tetrazole rings is 1. The number of carbonyl (C=O) groups is 2. The molecule has 0 spiro atoms. The number of carbonyl (C=O) groups excluding carboxylic acids is 2. The smallest absolute Gasteiger partial charge is 0.411 e. The maximum Gasteiger partial charge on any atom is 0.411 e. The first-order valence-electron chi connectivity index (χ1n) is 12.1. The van der Waals surface area contributed by atoms with Gasteiger partial charge < -0.3 is 20.4 Å². The predicted octanol–water partition coefficient (Wildman–Crippen LogP) is 5.27. The number of hydrogen-bond donors (Lipinski definition) is 4. The maximum absolute atomic E-state index is 12.9. The number of rotatable bonds is 10. The predicted molar refractivity (Wildman–Crippen MR) is 147 cm³/mol. The fourth-order valence-corrected chi connectivity index (χ4v) is 4.31. The summed E-state index contributed by atoms with van der Waals surface area (Å²) in [4.78, 5) is 32.2. The number of nitrogens with zero attached hydrogens (tertiary/aromatic N) is 5. The van der Waals surface area contributed by atoms with Crippen molar-refractivity contribution in [1.29, 1.82) is 0 Å². The minimum absolute atomic E-state index is 0.193. The lowest BCUT2D eigenvalue weighted by atomic mass is 10.1. The molecule has 3 amide bonds. The van der Waals surface area contributed by atoms with Crippen LogP contribution in [0.4, 0.5) is 15.3 Å². The average molecular weight is 572 g/mol. The number of unbranched alkanes of at least 4 members (excludes halogenated alkanes) is 1. The fraction of sp³-hybridized carbons (Fsp3) is 0.280. The highest BCUT2D eigenvalue weighted by Crippen LogP contribution is 2.30. The van der Waals surface area contributed by atoms with Gasteiger partial charge in [-0.1, -0.05) is 55.1 Å². The van der Waals surface area contributed by atoms with Gasteiger partial charge in [-0.15, -0.1) is 5.10 Å². The third-order valence-corrected chi connectivity index (χ3v) is 6.34. The van der Waals surface area contributed by atoms with Gasteiger partial charge in [0.2, 0.25) is 0 Å². The van der Waals surface area contributed by atoms with Crippen molar-refractivity contribution in [1.82, 2.24) is 40.8 Å². The van der Waals surface area contributed by atoms with Crippen LogP contribution in [0.3, 0.4) is 0 Å². The molecule has 2 aromatic heterocycles. The molecule has 0 unspecified atom stereocenters. The zero-order valence-electron chi connectivity index (χ0n) is 21.2. The molecule has 4 aromatic rings. The van der Waals surface area contributed by atoms with Crippen LogP contribution in [0.2, 0.25) is 10.2 Å². The van der Waals surface area contributed by atoms with Crippen LogP contribution in [0, 0.1) is 0 Å². The van der Waals surface area contributed by atoms with Gasteiger partial charge in [0.25, 0.3) is 0 Å². The Kier molecular flexibility index (Phi) is 9.34. The summed E-state index contributed by atoms with van der Waals surface area (Å²) in [7, 11) is 1.29. The van der Waals surface area contributed by atoms with Crippen molar-refractivity contribution < 1.29 is 14.3 Å². The number of urea groups is 1. The molecule has 0 radical (unpaired) electrons. The Bertz CT molecular complexity index is 1410. The molecule has 14 heteroatoms. The summed E-state index contributed by atoms with van der Waals surface area (Å²) in [6.45, 7) is 2.26. The Hall–Kier alpha value is -4.16. The number of imidazole rings is 1. The normalized spacial score (nSPS) is 11.6. The van der Waals surface area contributed by atoms with Crippen LogP contribution in [-0.2, 0) is 11.3 Å². The highest BCUT2D eigenvalue weighted by molar-refractivity contribution is 6.32. The SMILES string of the molecule is CCCC[C@H](NC(=O)NCc1cc(Cl)ccc1-n1cnnn1)c1nc(-c2ccc(NC(=O)OC)cc2)c(Cl)[nH]1. The maximum atomic E-state index is 12.9. The van der Waals surface area contributed by atoms with Gasteiger partial charge in [-0.05, 0) is 52.7 Å². The lowest BCUT2D eigenvalue weighted by Gasteiger charge is -2.18. The molecule has 1 atom stereocenters. The van der Waals surface area contributed by atoms with Gasteiger partial charge >= 0.3 is 12.1 Å². The van der Waals surface area contributed by atoms with E-state index in [9.17, 15) is 9.59 Å². The minimum atomic E-state index is -0.562. The summed E-state index contributed by atoms with van der Waals surface area (Å²) < 4.78 is 6.11. The van der Waals surface area contributed by atoms with Crippen molar-refractivity contribution in [3.8, 4) is 16.9 Å². The van der Waals surface area contributed by atoms with E-state index in [0.29, 0.717) is 39.5 Å². The molecule has 204 valence electrons. The van der Waals surface area contributed by atoms with Crippen LogP contribution in [0.25, 0.3) is 16.9 Å². The first-order valence-corrected chi connectivity index (χ1v) is 12.9. The van der Waals surface area contributed by atoms with E-state index in [1.54, 1.807) is 42.5 Å². The Morgan fingerprint density at radius 1 is 1.15 bits per heavy atom. The third-order valence-electron chi connectivity index (χ3n) is 5.83. The minimum Gasteiger partial charge on any atom is -0.453 e. The van der Waals surface area contributed by atoms with Crippen LogP contribution in [0.15, 0.2) is 48.8 Å². The lowest BCUT2D eigenvalue weighted by Crippen LogP contribution is -2.38. The van der Waals surface area contributed by atoms with E-state index < -0.39 is 12.1 Å². The zero-order chi connectivity index (χ0) is 27.8. The number of aromatic amines is 1. The molecule has 0 fully saturated rings. The van der Waals surface area contributed by atoms with Gasteiger partial charge in [0.1, 0.15) is 23.0 Å². The van der Waals surface area contributed by atoms with Crippen LogP contribution in [0.1, 0.15) is 43.6 Å². The summed E-state index contributed by atoms with van der Waals surface area (Å²) in [6, 6.07) is 11.5. The van der Waals surface area contributed by atoms with Crippen LogP contribution >= 0.6 is 23.2 Å². The highest BCUT2D eigenvalue weighted by Gasteiger charge is 2.21. The molecule has 39 heavy (non-hydrogen) atoms. The molecule has 4 rings (SSSR count). The van der Waals surface area contributed by atoms with Crippen molar-refractivity contribution in [2.45, 2.75) is 38.8 Å². The number of amides is 3. The molecule has 0 aliphatic heterocycles. The number of benzene rings is 2. The van der Waals surface area contributed by atoms with E-state index in [2.05, 4.69) is 53.1 Å². The first-order chi connectivity index (χ1) is 18.9. The lowest BCUT2D eigenvalue weighted by molar-refractivity contribution is 0.187. The van der Waals surface area contributed by atoms with E-state index >= 15 is 0 Å². The zero-order valence-corrected chi connectivity index (χ0v) is 22.8. The number of H-pyrrole nitrogens is 1. The molecule has 0 aliphatic rings. The quantitative estimate of drug-likeness (QED) is 0.202. The third kappa shape index (κ3) is 7.24. The topological polar surface area (TPSA) is 152 Å². The molecule has 2 aromatic carbocycles. The van der Waals surface area contributed by atoms with Crippen molar-refractivity contribution in [2.24, 2.45) is 0 Å². The number of methoxy groups -OCH3 is 1. The number of anilines is 1. The second kappa shape index (κ2) is 13.1. The molecule has 0 aliphatic carbocycles. The van der Waals surface area contributed by atoms with Gasteiger partial charge in [-0.25, -0.2) is 19.3 Å². The van der Waals surface area contributed by atoms with Gasteiger partial charge in [-0.3, -0.25) is 5.32 Å². The monoisotopic (exact) mass is 571 g/mol. The number of hydrogen-bond acceptors (Lipinski definition) is 7. The summed E-state index contributed by atoms with van der Waals surface area (Å²) >= 11 is 12.7. The van der Waals surface area contributed by atoms with Crippen molar-refractivity contribution in [3.05, 3.63) is 70.4 Å². The molecule has 0 bridgehead atoms. The molecule has 4 N–H and O–H groups in total.